The van der Waals surface area contributed by atoms with Gasteiger partial charge in [0.2, 0.25) is 0 Å². The van der Waals surface area contributed by atoms with Gasteiger partial charge in [0.1, 0.15) is 7.28 Å². The highest BCUT2D eigenvalue weighted by molar-refractivity contribution is 6.38. The van der Waals surface area contributed by atoms with Gasteiger partial charge in [0.15, 0.2) is 0 Å². The van der Waals surface area contributed by atoms with Crippen molar-refractivity contribution in [3.8, 4) is 0 Å². The Morgan fingerprint density at radius 1 is 1.35 bits per heavy atom. The Kier molecular flexibility index (Phi) is 5.27. The van der Waals surface area contributed by atoms with Crippen molar-refractivity contribution in [3.63, 3.8) is 0 Å². The molecule has 105 valence electrons. The number of nitrogens with one attached hydrogen (secondary N) is 1. The molecule has 0 spiro atoms. The lowest BCUT2D eigenvalue weighted by Gasteiger charge is -2.29. The molecule has 1 aromatic carbocycles. The van der Waals surface area contributed by atoms with E-state index in [1.165, 1.54) is 5.56 Å². The van der Waals surface area contributed by atoms with Gasteiger partial charge in [-0.15, -0.1) is 0 Å². The molecular formula is C16H21BNO2. The molecule has 1 heterocycles. The zero-order valence-electron chi connectivity index (χ0n) is 11.7. The first-order valence-electron chi connectivity index (χ1n) is 7.17. The van der Waals surface area contributed by atoms with Crippen molar-refractivity contribution in [1.82, 2.24) is 5.32 Å². The van der Waals surface area contributed by atoms with Crippen LogP contribution in [-0.2, 0) is 11.2 Å². The van der Waals surface area contributed by atoms with E-state index < -0.39 is 5.97 Å². The van der Waals surface area contributed by atoms with Crippen LogP contribution in [0, 0.1) is 5.92 Å². The van der Waals surface area contributed by atoms with Crippen molar-refractivity contribution in [2.45, 2.75) is 37.9 Å². The van der Waals surface area contributed by atoms with E-state index in [1.807, 2.05) is 18.2 Å². The third kappa shape index (κ3) is 4.76. The topological polar surface area (TPSA) is 49.3 Å². The van der Waals surface area contributed by atoms with Gasteiger partial charge in [0.05, 0.1) is 0 Å². The number of rotatable bonds is 6. The van der Waals surface area contributed by atoms with Crippen molar-refractivity contribution in [1.29, 1.82) is 0 Å². The maximum atomic E-state index is 10.7. The van der Waals surface area contributed by atoms with Crippen molar-refractivity contribution < 1.29 is 9.90 Å². The number of hydrogen-bond donors (Lipinski definition) is 2. The maximum Gasteiger partial charge on any atom is 0.303 e. The molecule has 1 saturated heterocycles. The molecule has 1 aliphatic heterocycles. The molecule has 0 saturated carbocycles. The SMILES string of the molecule is C=C(Cc1ccccc1)NC1[B]CC(CC(=O)O)CC1. The summed E-state index contributed by atoms with van der Waals surface area (Å²) >= 11 is 0. The molecule has 0 aromatic heterocycles. The molecule has 0 bridgehead atoms. The highest BCUT2D eigenvalue weighted by Gasteiger charge is 2.23. The lowest BCUT2D eigenvalue weighted by Crippen LogP contribution is -2.38. The summed E-state index contributed by atoms with van der Waals surface area (Å²) in [6.45, 7) is 4.09. The molecule has 20 heavy (non-hydrogen) atoms. The minimum absolute atomic E-state index is 0.286. The van der Waals surface area contributed by atoms with Gasteiger partial charge >= 0.3 is 5.97 Å². The summed E-state index contributed by atoms with van der Waals surface area (Å²) in [5.74, 6) is -0.0625. The quantitative estimate of drug-likeness (QED) is 0.781. The Labute approximate surface area is 121 Å². The standard InChI is InChI=1S/C16H21BNO2/c1-12(9-13-5-3-2-4-6-13)18-15-8-7-14(11-17-15)10-16(19)20/h2-6,14-15,18H,1,7-11H2,(H,19,20). The van der Waals surface area contributed by atoms with Crippen LogP contribution in [-0.4, -0.2) is 24.3 Å². The smallest absolute Gasteiger partial charge is 0.303 e. The number of carbonyl (C=O) groups is 1. The molecule has 1 radical (unpaired) electrons. The second kappa shape index (κ2) is 7.18. The van der Waals surface area contributed by atoms with Gasteiger partial charge in [-0.2, -0.15) is 0 Å². The van der Waals surface area contributed by atoms with Gasteiger partial charge in [0, 0.05) is 18.5 Å². The summed E-state index contributed by atoms with van der Waals surface area (Å²) < 4.78 is 0. The van der Waals surface area contributed by atoms with Crippen LogP contribution in [0.3, 0.4) is 0 Å². The van der Waals surface area contributed by atoms with Crippen molar-refractivity contribution in [3.05, 3.63) is 48.2 Å². The van der Waals surface area contributed by atoms with Crippen LogP contribution >= 0.6 is 0 Å². The molecule has 1 aliphatic rings. The monoisotopic (exact) mass is 270 g/mol. The van der Waals surface area contributed by atoms with E-state index in [1.54, 1.807) is 0 Å². The number of benzene rings is 1. The molecule has 0 aliphatic carbocycles. The average Bonchev–Trinajstić information content (AvgIpc) is 2.41. The second-order valence-corrected chi connectivity index (χ2v) is 5.53. The maximum absolute atomic E-state index is 10.7. The van der Waals surface area contributed by atoms with E-state index in [2.05, 4.69) is 31.3 Å². The Balaban J connectivity index is 1.72. The van der Waals surface area contributed by atoms with Gasteiger partial charge in [0.25, 0.3) is 0 Å². The first-order chi connectivity index (χ1) is 9.63. The van der Waals surface area contributed by atoms with Crippen LogP contribution in [0.15, 0.2) is 42.6 Å². The number of aliphatic carboxylic acids is 1. The lowest BCUT2D eigenvalue weighted by atomic mass is 9.56. The van der Waals surface area contributed by atoms with Crippen LogP contribution in [0.25, 0.3) is 0 Å². The summed E-state index contributed by atoms with van der Waals surface area (Å²) in [7, 11) is 2.20. The van der Waals surface area contributed by atoms with Crippen LogP contribution < -0.4 is 5.32 Å². The Hall–Kier alpha value is -1.71. The molecule has 2 atom stereocenters. The number of carboxylic acids is 1. The molecule has 2 rings (SSSR count). The summed E-state index contributed by atoms with van der Waals surface area (Å²) in [6.07, 6.45) is 3.96. The first kappa shape index (κ1) is 14.7. The normalized spacial score (nSPS) is 21.8. The van der Waals surface area contributed by atoms with Crippen molar-refractivity contribution in [2.24, 2.45) is 5.92 Å². The zero-order valence-corrected chi connectivity index (χ0v) is 11.7. The lowest BCUT2D eigenvalue weighted by molar-refractivity contribution is -0.138. The summed E-state index contributed by atoms with van der Waals surface area (Å²) in [6, 6.07) is 10.3. The molecule has 3 nitrogen and oxygen atoms in total. The van der Waals surface area contributed by atoms with Crippen molar-refractivity contribution in [2.75, 3.05) is 0 Å². The fraction of sp³-hybridized carbons (Fsp3) is 0.438. The average molecular weight is 270 g/mol. The first-order valence-corrected chi connectivity index (χ1v) is 7.17. The van der Waals surface area contributed by atoms with Crippen LogP contribution in [0.1, 0.15) is 24.8 Å². The predicted molar refractivity (Wildman–Crippen MR) is 81.7 cm³/mol. The summed E-state index contributed by atoms with van der Waals surface area (Å²) in [5.41, 5.74) is 2.28. The third-order valence-electron chi connectivity index (χ3n) is 3.75. The molecular weight excluding hydrogens is 249 g/mol. The van der Waals surface area contributed by atoms with Gasteiger partial charge in [-0.25, -0.2) is 0 Å². The van der Waals surface area contributed by atoms with Gasteiger partial charge < -0.3 is 10.4 Å². The molecule has 4 heteroatoms. The van der Waals surface area contributed by atoms with Gasteiger partial charge in [-0.05, 0) is 30.3 Å². The number of carboxylic acid groups (broad SMARTS) is 1. The number of allylic oxidation sites excluding steroid dienone is 1. The minimum Gasteiger partial charge on any atom is -0.481 e. The van der Waals surface area contributed by atoms with E-state index in [0.29, 0.717) is 11.9 Å². The predicted octanol–water partition coefficient (Wildman–Crippen LogP) is 2.67. The van der Waals surface area contributed by atoms with Gasteiger partial charge in [-0.3, -0.25) is 4.79 Å². The fourth-order valence-electron chi connectivity index (χ4n) is 2.73. The molecule has 0 amide bonds. The fourth-order valence-corrected chi connectivity index (χ4v) is 2.73. The molecule has 1 fully saturated rings. The Morgan fingerprint density at radius 3 is 2.70 bits per heavy atom. The van der Waals surface area contributed by atoms with E-state index in [4.69, 9.17) is 5.11 Å². The summed E-state index contributed by atoms with van der Waals surface area (Å²) in [5, 5.41) is 12.2. The van der Waals surface area contributed by atoms with Crippen LogP contribution in [0.2, 0.25) is 6.32 Å². The van der Waals surface area contributed by atoms with Crippen LogP contribution in [0.5, 0.6) is 0 Å². The van der Waals surface area contributed by atoms with E-state index >= 15 is 0 Å². The van der Waals surface area contributed by atoms with E-state index in [0.717, 1.165) is 31.3 Å². The summed E-state index contributed by atoms with van der Waals surface area (Å²) in [4.78, 5) is 10.7. The highest BCUT2D eigenvalue weighted by atomic mass is 16.4. The second-order valence-electron chi connectivity index (χ2n) is 5.53. The Morgan fingerprint density at radius 2 is 2.10 bits per heavy atom. The van der Waals surface area contributed by atoms with E-state index in [9.17, 15) is 4.79 Å². The molecule has 2 N–H and O–H groups in total. The zero-order chi connectivity index (χ0) is 14.4. The largest absolute Gasteiger partial charge is 0.481 e. The van der Waals surface area contributed by atoms with Crippen LogP contribution in [0.4, 0.5) is 0 Å². The molecule has 2 unspecified atom stereocenters. The van der Waals surface area contributed by atoms with Crippen molar-refractivity contribution >= 4 is 13.2 Å². The Bertz CT molecular complexity index is 453. The van der Waals surface area contributed by atoms with E-state index in [-0.39, 0.29) is 6.42 Å². The molecule has 1 aromatic rings. The third-order valence-corrected chi connectivity index (χ3v) is 3.75. The minimum atomic E-state index is -0.691. The van der Waals surface area contributed by atoms with Gasteiger partial charge in [-0.1, -0.05) is 43.2 Å². The number of hydrogen-bond acceptors (Lipinski definition) is 2. The highest BCUT2D eigenvalue weighted by Crippen LogP contribution is 2.23.